The molecule has 110 valence electrons. The summed E-state index contributed by atoms with van der Waals surface area (Å²) in [7, 11) is 0. The smallest absolute Gasteiger partial charge is 0.236 e. The van der Waals surface area contributed by atoms with E-state index in [4.69, 9.17) is 0 Å². The largest absolute Gasteiger partial charge is 0.342 e. The van der Waals surface area contributed by atoms with Crippen molar-refractivity contribution in [2.45, 2.75) is 64.6 Å². The molecule has 19 heavy (non-hydrogen) atoms. The highest BCUT2D eigenvalue weighted by Gasteiger charge is 2.41. The SMILES string of the molecule is CCNC1CC2CCC(C1)N2CC(=O)N(CC)CC. The number of amides is 1. The molecule has 0 aromatic rings. The monoisotopic (exact) mass is 267 g/mol. The Morgan fingerprint density at radius 2 is 1.74 bits per heavy atom. The van der Waals surface area contributed by atoms with E-state index in [1.807, 2.05) is 4.90 Å². The Morgan fingerprint density at radius 3 is 2.21 bits per heavy atom. The summed E-state index contributed by atoms with van der Waals surface area (Å²) >= 11 is 0. The Labute approximate surface area is 117 Å². The van der Waals surface area contributed by atoms with Gasteiger partial charge in [0, 0.05) is 31.2 Å². The third-order valence-electron chi connectivity index (χ3n) is 4.81. The maximum Gasteiger partial charge on any atom is 0.236 e. The minimum Gasteiger partial charge on any atom is -0.342 e. The summed E-state index contributed by atoms with van der Waals surface area (Å²) in [6.45, 7) is 9.66. The summed E-state index contributed by atoms with van der Waals surface area (Å²) in [6, 6.07) is 1.92. The lowest BCUT2D eigenvalue weighted by Gasteiger charge is -2.39. The second kappa shape index (κ2) is 6.71. The van der Waals surface area contributed by atoms with Crippen molar-refractivity contribution >= 4 is 5.91 Å². The molecule has 0 aromatic carbocycles. The summed E-state index contributed by atoms with van der Waals surface area (Å²) in [5.74, 6) is 0.309. The van der Waals surface area contributed by atoms with Crippen molar-refractivity contribution in [1.82, 2.24) is 15.1 Å². The van der Waals surface area contributed by atoms with E-state index in [-0.39, 0.29) is 0 Å². The lowest BCUT2D eigenvalue weighted by Crippen LogP contribution is -2.52. The Hall–Kier alpha value is -0.610. The number of nitrogens with zero attached hydrogens (tertiary/aromatic N) is 2. The zero-order valence-electron chi connectivity index (χ0n) is 12.7. The molecule has 1 N–H and O–H groups in total. The summed E-state index contributed by atoms with van der Waals surface area (Å²) in [4.78, 5) is 16.7. The van der Waals surface area contributed by atoms with Crippen LogP contribution in [0.15, 0.2) is 0 Å². The first kappa shape index (κ1) is 14.8. The van der Waals surface area contributed by atoms with Gasteiger partial charge in [-0.25, -0.2) is 0 Å². The van der Waals surface area contributed by atoms with E-state index < -0.39 is 0 Å². The van der Waals surface area contributed by atoms with Crippen LogP contribution in [0.2, 0.25) is 0 Å². The van der Waals surface area contributed by atoms with Gasteiger partial charge in [-0.15, -0.1) is 0 Å². The van der Waals surface area contributed by atoms with Gasteiger partial charge in [0.2, 0.25) is 5.91 Å². The number of rotatable bonds is 6. The van der Waals surface area contributed by atoms with Crippen LogP contribution in [0.4, 0.5) is 0 Å². The molecule has 2 rings (SSSR count). The predicted molar refractivity (Wildman–Crippen MR) is 78.1 cm³/mol. The fraction of sp³-hybridized carbons (Fsp3) is 0.933. The van der Waals surface area contributed by atoms with E-state index in [1.54, 1.807) is 0 Å². The van der Waals surface area contributed by atoms with E-state index >= 15 is 0 Å². The highest BCUT2D eigenvalue weighted by Crippen LogP contribution is 2.35. The molecule has 2 saturated heterocycles. The zero-order chi connectivity index (χ0) is 13.8. The lowest BCUT2D eigenvalue weighted by molar-refractivity contribution is -0.133. The molecule has 2 unspecified atom stereocenters. The van der Waals surface area contributed by atoms with Crippen LogP contribution in [-0.4, -0.2) is 60.0 Å². The lowest BCUT2D eigenvalue weighted by atomic mass is 9.97. The van der Waals surface area contributed by atoms with Crippen LogP contribution in [-0.2, 0) is 4.79 Å². The third kappa shape index (κ3) is 3.29. The van der Waals surface area contributed by atoms with E-state index in [2.05, 4.69) is 31.0 Å². The van der Waals surface area contributed by atoms with Crippen molar-refractivity contribution < 1.29 is 4.79 Å². The Balaban J connectivity index is 1.91. The number of hydrogen-bond donors (Lipinski definition) is 1. The van der Waals surface area contributed by atoms with Gasteiger partial charge in [-0.2, -0.15) is 0 Å². The molecule has 2 fully saturated rings. The maximum absolute atomic E-state index is 12.3. The normalized spacial score (nSPS) is 30.6. The van der Waals surface area contributed by atoms with Crippen LogP contribution in [0.25, 0.3) is 0 Å². The molecule has 2 atom stereocenters. The van der Waals surface area contributed by atoms with Gasteiger partial charge in [0.1, 0.15) is 0 Å². The van der Waals surface area contributed by atoms with Crippen LogP contribution in [0.5, 0.6) is 0 Å². The first-order chi connectivity index (χ1) is 9.19. The molecule has 0 aromatic heterocycles. The number of likely N-dealkylation sites (N-methyl/N-ethyl adjacent to an activating group) is 1. The highest BCUT2D eigenvalue weighted by molar-refractivity contribution is 5.78. The zero-order valence-corrected chi connectivity index (χ0v) is 12.7. The Kier molecular flexibility index (Phi) is 5.22. The molecule has 0 radical (unpaired) electrons. The van der Waals surface area contributed by atoms with Gasteiger partial charge in [0.25, 0.3) is 0 Å². The van der Waals surface area contributed by atoms with E-state index in [0.717, 1.165) is 19.6 Å². The van der Waals surface area contributed by atoms with Gasteiger partial charge < -0.3 is 10.2 Å². The Bertz CT molecular complexity index is 290. The summed E-state index contributed by atoms with van der Waals surface area (Å²) in [5.41, 5.74) is 0. The van der Waals surface area contributed by atoms with Gasteiger partial charge in [-0.3, -0.25) is 9.69 Å². The van der Waals surface area contributed by atoms with Gasteiger partial charge in [0.05, 0.1) is 6.54 Å². The molecular weight excluding hydrogens is 238 g/mol. The summed E-state index contributed by atoms with van der Waals surface area (Å²) in [6.07, 6.45) is 4.99. The number of piperidine rings is 1. The van der Waals surface area contributed by atoms with Gasteiger partial charge in [-0.05, 0) is 46.1 Å². The molecule has 2 heterocycles. The molecule has 1 amide bonds. The average molecular weight is 267 g/mol. The summed E-state index contributed by atoms with van der Waals surface area (Å²) < 4.78 is 0. The highest BCUT2D eigenvalue weighted by atomic mass is 16.2. The van der Waals surface area contributed by atoms with Crippen molar-refractivity contribution in [3.63, 3.8) is 0 Å². The minimum atomic E-state index is 0.309. The van der Waals surface area contributed by atoms with E-state index in [0.29, 0.717) is 30.6 Å². The number of carbonyl (C=O) groups excluding carboxylic acids is 1. The maximum atomic E-state index is 12.3. The van der Waals surface area contributed by atoms with Crippen molar-refractivity contribution in [2.24, 2.45) is 0 Å². The van der Waals surface area contributed by atoms with Crippen LogP contribution in [0.1, 0.15) is 46.5 Å². The van der Waals surface area contributed by atoms with Gasteiger partial charge >= 0.3 is 0 Å². The summed E-state index contributed by atoms with van der Waals surface area (Å²) in [5, 5.41) is 3.58. The minimum absolute atomic E-state index is 0.309. The van der Waals surface area contributed by atoms with Crippen molar-refractivity contribution in [2.75, 3.05) is 26.2 Å². The number of carbonyl (C=O) groups is 1. The molecule has 2 bridgehead atoms. The number of fused-ring (bicyclic) bond motifs is 2. The van der Waals surface area contributed by atoms with Crippen molar-refractivity contribution in [3.8, 4) is 0 Å². The van der Waals surface area contributed by atoms with Crippen molar-refractivity contribution in [3.05, 3.63) is 0 Å². The second-order valence-corrected chi connectivity index (χ2v) is 5.85. The van der Waals surface area contributed by atoms with E-state index in [9.17, 15) is 4.79 Å². The van der Waals surface area contributed by atoms with E-state index in [1.165, 1.54) is 25.7 Å². The Morgan fingerprint density at radius 1 is 1.16 bits per heavy atom. The molecule has 4 heteroatoms. The van der Waals surface area contributed by atoms with Crippen molar-refractivity contribution in [1.29, 1.82) is 0 Å². The van der Waals surface area contributed by atoms with Gasteiger partial charge in [-0.1, -0.05) is 6.92 Å². The fourth-order valence-electron chi connectivity index (χ4n) is 3.82. The standard InChI is InChI=1S/C15H29N3O/c1-4-16-12-9-13-7-8-14(10-12)18(13)11-15(19)17(5-2)6-3/h12-14,16H,4-11H2,1-3H3. The number of hydrogen-bond acceptors (Lipinski definition) is 3. The molecule has 2 aliphatic heterocycles. The second-order valence-electron chi connectivity index (χ2n) is 5.85. The number of nitrogens with one attached hydrogen (secondary N) is 1. The molecule has 0 aliphatic carbocycles. The molecule has 2 aliphatic rings. The van der Waals surface area contributed by atoms with Crippen LogP contribution in [0, 0.1) is 0 Å². The molecule has 4 nitrogen and oxygen atoms in total. The fourth-order valence-corrected chi connectivity index (χ4v) is 3.82. The van der Waals surface area contributed by atoms with Gasteiger partial charge in [0.15, 0.2) is 0 Å². The van der Waals surface area contributed by atoms with Crippen LogP contribution >= 0.6 is 0 Å². The first-order valence-corrected chi connectivity index (χ1v) is 7.96. The topological polar surface area (TPSA) is 35.6 Å². The first-order valence-electron chi connectivity index (χ1n) is 7.96. The molecular formula is C15H29N3O. The predicted octanol–water partition coefficient (Wildman–Crippen LogP) is 1.46. The average Bonchev–Trinajstić information content (AvgIpc) is 2.63. The quantitative estimate of drug-likeness (QED) is 0.791. The van der Waals surface area contributed by atoms with Crippen LogP contribution in [0.3, 0.4) is 0 Å². The van der Waals surface area contributed by atoms with Crippen LogP contribution < -0.4 is 5.32 Å². The molecule has 0 spiro atoms. The third-order valence-corrected chi connectivity index (χ3v) is 4.81. The molecule has 0 saturated carbocycles.